The molecule has 0 aliphatic heterocycles. The zero-order valence-electron chi connectivity index (χ0n) is 13.4. The number of ether oxygens (including phenoxy) is 1. The Kier molecular flexibility index (Phi) is 13.2. The minimum Gasteiger partial charge on any atom is -0.489 e. The van der Waals surface area contributed by atoms with E-state index < -0.39 is 0 Å². The summed E-state index contributed by atoms with van der Waals surface area (Å²) in [5, 5.41) is 2.92. The first-order valence-corrected chi connectivity index (χ1v) is 7.21. The second-order valence-electron chi connectivity index (χ2n) is 5.07. The number of pyridine rings is 1. The molecule has 0 saturated heterocycles. The topological polar surface area (TPSA) is 77.2 Å². The number of unbranched alkanes of at least 4 members (excludes halogenated alkanes) is 1. The van der Waals surface area contributed by atoms with Crippen LogP contribution >= 0.6 is 24.8 Å². The van der Waals surface area contributed by atoms with Crippen molar-refractivity contribution in [3.05, 3.63) is 24.0 Å². The molecule has 0 bridgehead atoms. The smallest absolute Gasteiger partial charge is 0.274 e. The Hall–Kier alpha value is -1.04. The fourth-order valence-electron chi connectivity index (χ4n) is 1.86. The molecule has 1 heterocycles. The molecular weight excluding hydrogens is 325 g/mol. The Morgan fingerprint density at radius 1 is 1.41 bits per heavy atom. The summed E-state index contributed by atoms with van der Waals surface area (Å²) in [7, 11) is 0. The van der Waals surface area contributed by atoms with Crippen LogP contribution in [-0.4, -0.2) is 29.6 Å². The highest BCUT2D eigenvalue weighted by molar-refractivity contribution is 5.95. The highest BCUT2D eigenvalue weighted by Gasteiger charge is 2.17. The first kappa shape index (κ1) is 23.2. The van der Waals surface area contributed by atoms with Crippen LogP contribution in [0.3, 0.4) is 0 Å². The molecule has 22 heavy (non-hydrogen) atoms. The molecule has 7 heteroatoms. The van der Waals surface area contributed by atoms with Crippen LogP contribution in [0.5, 0.6) is 5.75 Å². The lowest BCUT2D eigenvalue weighted by Crippen LogP contribution is -2.40. The minimum absolute atomic E-state index is 0. The van der Waals surface area contributed by atoms with Crippen LogP contribution in [0.4, 0.5) is 0 Å². The number of rotatable bonds is 8. The van der Waals surface area contributed by atoms with Gasteiger partial charge in [0.05, 0.1) is 6.10 Å². The molecule has 0 fully saturated rings. The lowest BCUT2D eigenvalue weighted by atomic mass is 10.1. The molecule has 0 spiro atoms. The van der Waals surface area contributed by atoms with Gasteiger partial charge in [-0.2, -0.15) is 0 Å². The zero-order valence-corrected chi connectivity index (χ0v) is 15.0. The number of halogens is 2. The number of aromatic nitrogens is 1. The standard InChI is InChI=1S/C15H25N3O2.2ClH/c1-4-5-7-12(10-16)18-15(19)14-13(20-11(2)3)8-6-9-17-14;;/h6,8-9,11-12H,4-5,7,10,16H2,1-3H3,(H,18,19);2*1H. The van der Waals surface area contributed by atoms with Gasteiger partial charge in [0.25, 0.3) is 5.91 Å². The number of amides is 1. The van der Waals surface area contributed by atoms with Gasteiger partial charge in [0, 0.05) is 18.8 Å². The van der Waals surface area contributed by atoms with E-state index in [0.717, 1.165) is 19.3 Å². The number of hydrogen-bond acceptors (Lipinski definition) is 4. The van der Waals surface area contributed by atoms with Crippen molar-refractivity contribution in [2.75, 3.05) is 6.54 Å². The van der Waals surface area contributed by atoms with Crippen LogP contribution in [0, 0.1) is 0 Å². The predicted octanol–water partition coefficient (Wildman–Crippen LogP) is 2.96. The second-order valence-corrected chi connectivity index (χ2v) is 5.07. The summed E-state index contributed by atoms with van der Waals surface area (Å²) < 4.78 is 5.61. The number of nitrogens with two attached hydrogens (primary N) is 1. The van der Waals surface area contributed by atoms with Gasteiger partial charge in [-0.25, -0.2) is 4.98 Å². The van der Waals surface area contributed by atoms with E-state index in [0.29, 0.717) is 18.0 Å². The molecule has 0 radical (unpaired) electrons. The fourth-order valence-corrected chi connectivity index (χ4v) is 1.86. The number of nitrogens with zero attached hydrogens (tertiary/aromatic N) is 1. The molecule has 0 saturated carbocycles. The quantitative estimate of drug-likeness (QED) is 0.754. The van der Waals surface area contributed by atoms with Crippen molar-refractivity contribution in [3.8, 4) is 5.75 Å². The van der Waals surface area contributed by atoms with Gasteiger partial charge in [-0.1, -0.05) is 19.8 Å². The summed E-state index contributed by atoms with van der Waals surface area (Å²) in [5.74, 6) is 0.277. The van der Waals surface area contributed by atoms with E-state index in [2.05, 4.69) is 17.2 Å². The van der Waals surface area contributed by atoms with Crippen molar-refractivity contribution in [2.45, 2.75) is 52.2 Å². The minimum atomic E-state index is -0.229. The summed E-state index contributed by atoms with van der Waals surface area (Å²) >= 11 is 0. The summed E-state index contributed by atoms with van der Waals surface area (Å²) in [4.78, 5) is 16.4. The van der Waals surface area contributed by atoms with Gasteiger partial charge in [-0.3, -0.25) is 4.79 Å². The van der Waals surface area contributed by atoms with Crippen molar-refractivity contribution < 1.29 is 9.53 Å². The Morgan fingerprint density at radius 2 is 2.09 bits per heavy atom. The molecule has 1 unspecified atom stereocenters. The van der Waals surface area contributed by atoms with Crippen molar-refractivity contribution in [1.82, 2.24) is 10.3 Å². The number of carbonyl (C=O) groups is 1. The molecular formula is C15H27Cl2N3O2. The SMILES string of the molecule is CCCCC(CN)NC(=O)c1ncccc1OC(C)C.Cl.Cl. The molecule has 1 atom stereocenters. The molecule has 1 amide bonds. The molecule has 128 valence electrons. The van der Waals surface area contributed by atoms with Crippen molar-refractivity contribution >= 4 is 30.7 Å². The van der Waals surface area contributed by atoms with Gasteiger partial charge < -0.3 is 15.8 Å². The van der Waals surface area contributed by atoms with Crippen molar-refractivity contribution in [2.24, 2.45) is 5.73 Å². The molecule has 1 aromatic rings. The highest BCUT2D eigenvalue weighted by Crippen LogP contribution is 2.17. The van der Waals surface area contributed by atoms with Gasteiger partial charge in [0.2, 0.25) is 0 Å². The fraction of sp³-hybridized carbons (Fsp3) is 0.600. The van der Waals surface area contributed by atoms with Crippen molar-refractivity contribution in [1.29, 1.82) is 0 Å². The van der Waals surface area contributed by atoms with E-state index in [4.69, 9.17) is 10.5 Å². The zero-order chi connectivity index (χ0) is 15.0. The highest BCUT2D eigenvalue weighted by atomic mass is 35.5. The normalized spacial score (nSPS) is 11.1. The second kappa shape index (κ2) is 12.5. The molecule has 3 N–H and O–H groups in total. The van der Waals surface area contributed by atoms with Gasteiger partial charge >= 0.3 is 0 Å². The maximum absolute atomic E-state index is 12.3. The molecule has 1 aromatic heterocycles. The maximum atomic E-state index is 12.3. The average Bonchev–Trinajstić information content (AvgIpc) is 2.43. The third kappa shape index (κ3) is 7.82. The van der Waals surface area contributed by atoms with Crippen LogP contribution in [0.2, 0.25) is 0 Å². The lowest BCUT2D eigenvalue weighted by molar-refractivity contribution is 0.0924. The van der Waals surface area contributed by atoms with Gasteiger partial charge in [0.1, 0.15) is 0 Å². The Balaban J connectivity index is 0. The Morgan fingerprint density at radius 3 is 2.64 bits per heavy atom. The Bertz CT molecular complexity index is 431. The van der Waals surface area contributed by atoms with E-state index in [-0.39, 0.29) is 42.9 Å². The van der Waals surface area contributed by atoms with Gasteiger partial charge in [-0.05, 0) is 32.4 Å². The maximum Gasteiger partial charge on any atom is 0.274 e. The number of hydrogen-bond donors (Lipinski definition) is 2. The van der Waals surface area contributed by atoms with E-state index in [1.165, 1.54) is 0 Å². The molecule has 0 aliphatic rings. The average molecular weight is 352 g/mol. The van der Waals surface area contributed by atoms with Crippen LogP contribution in [0.15, 0.2) is 18.3 Å². The van der Waals surface area contributed by atoms with E-state index in [1.54, 1.807) is 18.3 Å². The lowest BCUT2D eigenvalue weighted by Gasteiger charge is -2.18. The molecule has 1 rings (SSSR count). The summed E-state index contributed by atoms with van der Waals surface area (Å²) in [6.45, 7) is 6.37. The first-order chi connectivity index (χ1) is 9.58. The third-order valence-electron chi connectivity index (χ3n) is 2.87. The number of carbonyl (C=O) groups excluding carboxylic acids is 1. The molecule has 0 aromatic carbocycles. The summed E-state index contributed by atoms with van der Waals surface area (Å²) in [6.07, 6.45) is 4.59. The van der Waals surface area contributed by atoms with Crippen molar-refractivity contribution in [3.63, 3.8) is 0 Å². The summed E-state index contributed by atoms with van der Waals surface area (Å²) in [5.41, 5.74) is 6.01. The molecule has 0 aliphatic carbocycles. The van der Waals surface area contributed by atoms with E-state index >= 15 is 0 Å². The van der Waals surface area contributed by atoms with E-state index in [9.17, 15) is 4.79 Å². The van der Waals surface area contributed by atoms with Gasteiger partial charge in [-0.15, -0.1) is 24.8 Å². The summed E-state index contributed by atoms with van der Waals surface area (Å²) in [6, 6.07) is 3.49. The van der Waals surface area contributed by atoms with Crippen LogP contribution in [-0.2, 0) is 0 Å². The Labute approximate surface area is 145 Å². The monoisotopic (exact) mass is 351 g/mol. The van der Waals surface area contributed by atoms with Crippen LogP contribution < -0.4 is 15.8 Å². The third-order valence-corrected chi connectivity index (χ3v) is 2.87. The van der Waals surface area contributed by atoms with Crippen LogP contribution in [0.1, 0.15) is 50.5 Å². The van der Waals surface area contributed by atoms with E-state index in [1.807, 2.05) is 13.8 Å². The number of nitrogens with one attached hydrogen (secondary N) is 1. The predicted molar refractivity (Wildman–Crippen MR) is 94.3 cm³/mol. The van der Waals surface area contributed by atoms with Crippen LogP contribution in [0.25, 0.3) is 0 Å². The first-order valence-electron chi connectivity index (χ1n) is 7.21. The van der Waals surface area contributed by atoms with Gasteiger partial charge in [0.15, 0.2) is 11.4 Å². The molecule has 5 nitrogen and oxygen atoms in total. The largest absolute Gasteiger partial charge is 0.489 e.